The summed E-state index contributed by atoms with van der Waals surface area (Å²) in [5, 5.41) is 11.8. The van der Waals surface area contributed by atoms with Crippen LogP contribution < -0.4 is 10.2 Å². The maximum atomic E-state index is 13.0. The third-order valence-corrected chi connectivity index (χ3v) is 5.88. The third-order valence-electron chi connectivity index (χ3n) is 5.88. The fourth-order valence-corrected chi connectivity index (χ4v) is 4.12. The van der Waals surface area contributed by atoms with E-state index in [1.54, 1.807) is 6.26 Å². The summed E-state index contributed by atoms with van der Waals surface area (Å²) in [7, 11) is 0. The van der Waals surface area contributed by atoms with Gasteiger partial charge in [0.25, 0.3) is 0 Å². The maximum Gasteiger partial charge on any atom is 0.227 e. The summed E-state index contributed by atoms with van der Waals surface area (Å²) in [6.07, 6.45) is 3.18. The molecule has 0 radical (unpaired) electrons. The summed E-state index contributed by atoms with van der Waals surface area (Å²) in [5.74, 6) is 1.58. The number of carbonyl (C=O) groups is 1. The Balaban J connectivity index is 1.21. The normalized spacial score (nSPS) is 14.3. The third kappa shape index (κ3) is 4.25. The van der Waals surface area contributed by atoms with Gasteiger partial charge in [-0.05, 0) is 48.7 Å². The molecule has 160 valence electrons. The Morgan fingerprint density at radius 3 is 2.38 bits per heavy atom. The number of nitrogens with one attached hydrogen (secondary N) is 1. The summed E-state index contributed by atoms with van der Waals surface area (Å²) in [5.41, 5.74) is 3.69. The molecule has 2 aromatic heterocycles. The van der Waals surface area contributed by atoms with E-state index < -0.39 is 0 Å². The molecule has 1 amide bonds. The van der Waals surface area contributed by atoms with E-state index in [0.29, 0.717) is 11.5 Å². The molecule has 1 saturated heterocycles. The van der Waals surface area contributed by atoms with Crippen molar-refractivity contribution >= 4 is 17.4 Å². The molecule has 4 aromatic rings. The number of piperidine rings is 1. The standard InChI is InChI=1S/C26H24N4O2/c31-26(27-22-10-5-4-9-21(22)19-7-2-1-3-8-19)20-14-16-30(17-15-20)25-13-12-23(28-29-25)24-11-6-18-32-24/h1-13,18,20H,14-17H2,(H,27,31). The molecule has 6 heteroatoms. The Kier molecular flexibility index (Phi) is 5.66. The minimum Gasteiger partial charge on any atom is -0.463 e. The summed E-state index contributed by atoms with van der Waals surface area (Å²) in [6, 6.07) is 25.7. The number of rotatable bonds is 5. The zero-order valence-corrected chi connectivity index (χ0v) is 17.6. The Bertz CT molecular complexity index is 1170. The van der Waals surface area contributed by atoms with Crippen LogP contribution in [-0.4, -0.2) is 29.2 Å². The van der Waals surface area contributed by atoms with Gasteiger partial charge in [-0.25, -0.2) is 0 Å². The molecular weight excluding hydrogens is 400 g/mol. The zero-order chi connectivity index (χ0) is 21.8. The highest BCUT2D eigenvalue weighted by Crippen LogP contribution is 2.29. The second-order valence-corrected chi connectivity index (χ2v) is 7.92. The molecule has 2 aromatic carbocycles. The molecular formula is C26H24N4O2. The lowest BCUT2D eigenvalue weighted by atomic mass is 9.95. The average molecular weight is 425 g/mol. The molecule has 0 spiro atoms. The highest BCUT2D eigenvalue weighted by Gasteiger charge is 2.26. The van der Waals surface area contributed by atoms with Gasteiger partial charge in [0.1, 0.15) is 5.69 Å². The van der Waals surface area contributed by atoms with E-state index in [-0.39, 0.29) is 11.8 Å². The van der Waals surface area contributed by atoms with E-state index in [1.807, 2.05) is 66.7 Å². The highest BCUT2D eigenvalue weighted by molar-refractivity contribution is 5.96. The fraction of sp³-hybridized carbons (Fsp3) is 0.192. The van der Waals surface area contributed by atoms with Gasteiger partial charge < -0.3 is 14.6 Å². The van der Waals surface area contributed by atoms with Crippen molar-refractivity contribution in [3.05, 3.63) is 85.1 Å². The smallest absolute Gasteiger partial charge is 0.227 e. The SMILES string of the molecule is O=C(Nc1ccccc1-c1ccccc1)C1CCN(c2ccc(-c3ccco3)nn2)CC1. The highest BCUT2D eigenvalue weighted by atomic mass is 16.3. The molecule has 5 rings (SSSR count). The number of anilines is 2. The van der Waals surface area contributed by atoms with E-state index in [0.717, 1.165) is 48.6 Å². The van der Waals surface area contributed by atoms with Gasteiger partial charge in [0.2, 0.25) is 5.91 Å². The molecule has 6 nitrogen and oxygen atoms in total. The molecule has 1 N–H and O–H groups in total. The van der Waals surface area contributed by atoms with Gasteiger partial charge in [-0.2, -0.15) is 0 Å². The van der Waals surface area contributed by atoms with Crippen molar-refractivity contribution in [2.24, 2.45) is 5.92 Å². The average Bonchev–Trinajstić information content (AvgIpc) is 3.40. The van der Waals surface area contributed by atoms with Crippen LogP contribution in [0.1, 0.15) is 12.8 Å². The van der Waals surface area contributed by atoms with E-state index in [1.165, 1.54) is 0 Å². The maximum absolute atomic E-state index is 13.0. The van der Waals surface area contributed by atoms with Crippen LogP contribution in [-0.2, 0) is 4.79 Å². The number of benzene rings is 2. The first-order valence-electron chi connectivity index (χ1n) is 10.9. The van der Waals surface area contributed by atoms with Gasteiger partial charge in [0.15, 0.2) is 11.6 Å². The van der Waals surface area contributed by atoms with Crippen LogP contribution in [0.15, 0.2) is 89.5 Å². The fourth-order valence-electron chi connectivity index (χ4n) is 4.12. The van der Waals surface area contributed by atoms with E-state index in [4.69, 9.17) is 4.42 Å². The predicted molar refractivity (Wildman–Crippen MR) is 125 cm³/mol. The molecule has 0 unspecified atom stereocenters. The second kappa shape index (κ2) is 9.06. The largest absolute Gasteiger partial charge is 0.463 e. The molecule has 32 heavy (non-hydrogen) atoms. The quantitative estimate of drug-likeness (QED) is 0.473. The topological polar surface area (TPSA) is 71.3 Å². The molecule has 0 saturated carbocycles. The van der Waals surface area contributed by atoms with E-state index in [9.17, 15) is 4.79 Å². The Morgan fingerprint density at radius 1 is 0.875 bits per heavy atom. The lowest BCUT2D eigenvalue weighted by Crippen LogP contribution is -2.38. The first-order valence-corrected chi connectivity index (χ1v) is 10.9. The predicted octanol–water partition coefficient (Wildman–Crippen LogP) is 5.26. The van der Waals surface area contributed by atoms with Gasteiger partial charge in [-0.15, -0.1) is 10.2 Å². The van der Waals surface area contributed by atoms with Crippen molar-refractivity contribution in [3.8, 4) is 22.6 Å². The second-order valence-electron chi connectivity index (χ2n) is 7.92. The number of aromatic nitrogens is 2. The number of hydrogen-bond donors (Lipinski definition) is 1. The minimum atomic E-state index is -0.0227. The Hall–Kier alpha value is -3.93. The van der Waals surface area contributed by atoms with Crippen molar-refractivity contribution in [2.75, 3.05) is 23.3 Å². The first kappa shape index (κ1) is 20.0. The molecule has 0 bridgehead atoms. The Morgan fingerprint density at radius 2 is 1.66 bits per heavy atom. The molecule has 1 aliphatic rings. The van der Waals surface area contributed by atoms with Crippen LogP contribution in [0.25, 0.3) is 22.6 Å². The molecule has 0 atom stereocenters. The number of amides is 1. The van der Waals surface area contributed by atoms with Gasteiger partial charge in [-0.1, -0.05) is 48.5 Å². The van der Waals surface area contributed by atoms with Crippen molar-refractivity contribution in [1.82, 2.24) is 10.2 Å². The van der Waals surface area contributed by atoms with Gasteiger partial charge in [-0.3, -0.25) is 4.79 Å². The molecule has 1 aliphatic heterocycles. The zero-order valence-electron chi connectivity index (χ0n) is 17.6. The van der Waals surface area contributed by atoms with Crippen LogP contribution in [0.4, 0.5) is 11.5 Å². The lowest BCUT2D eigenvalue weighted by molar-refractivity contribution is -0.120. The van der Waals surface area contributed by atoms with Crippen molar-refractivity contribution < 1.29 is 9.21 Å². The monoisotopic (exact) mass is 424 g/mol. The van der Waals surface area contributed by atoms with Gasteiger partial charge in [0, 0.05) is 30.3 Å². The van der Waals surface area contributed by atoms with Crippen molar-refractivity contribution in [1.29, 1.82) is 0 Å². The van der Waals surface area contributed by atoms with E-state index >= 15 is 0 Å². The number of carbonyl (C=O) groups excluding carboxylic acids is 1. The summed E-state index contributed by atoms with van der Waals surface area (Å²) >= 11 is 0. The number of hydrogen-bond acceptors (Lipinski definition) is 5. The van der Waals surface area contributed by atoms with Crippen LogP contribution in [0.3, 0.4) is 0 Å². The molecule has 0 aliphatic carbocycles. The van der Waals surface area contributed by atoms with Crippen molar-refractivity contribution in [3.63, 3.8) is 0 Å². The summed E-state index contributed by atoms with van der Waals surface area (Å²) < 4.78 is 5.37. The summed E-state index contributed by atoms with van der Waals surface area (Å²) in [4.78, 5) is 15.2. The number of para-hydroxylation sites is 1. The molecule has 3 heterocycles. The van der Waals surface area contributed by atoms with Crippen molar-refractivity contribution in [2.45, 2.75) is 12.8 Å². The van der Waals surface area contributed by atoms with Gasteiger partial charge >= 0.3 is 0 Å². The minimum absolute atomic E-state index is 0.0227. The lowest BCUT2D eigenvalue weighted by Gasteiger charge is -2.32. The van der Waals surface area contributed by atoms with Crippen LogP contribution in [0.5, 0.6) is 0 Å². The Labute approximate surface area is 186 Å². The van der Waals surface area contributed by atoms with Crippen LogP contribution in [0.2, 0.25) is 0 Å². The number of nitrogens with zero attached hydrogens (tertiary/aromatic N) is 3. The summed E-state index contributed by atoms with van der Waals surface area (Å²) in [6.45, 7) is 1.54. The first-order chi connectivity index (χ1) is 15.8. The van der Waals surface area contributed by atoms with Crippen LogP contribution in [0, 0.1) is 5.92 Å². The van der Waals surface area contributed by atoms with E-state index in [2.05, 4.69) is 32.5 Å². The molecule has 1 fully saturated rings. The van der Waals surface area contributed by atoms with Crippen LogP contribution >= 0.6 is 0 Å². The van der Waals surface area contributed by atoms with Gasteiger partial charge in [0.05, 0.1) is 6.26 Å². The number of furan rings is 1.